The Balaban J connectivity index is 1.51. The normalized spacial score (nSPS) is 15.2. The van der Waals surface area contributed by atoms with E-state index in [1.165, 1.54) is 10.6 Å². The van der Waals surface area contributed by atoms with Crippen molar-refractivity contribution < 1.29 is 14.3 Å². The number of carbonyl (C=O) groups is 1. The highest BCUT2D eigenvalue weighted by Gasteiger charge is 2.30. The Morgan fingerprint density at radius 2 is 1.95 bits per heavy atom. The number of carbonyl (C=O) groups excluding carboxylic acids is 1. The molecule has 6 rings (SSSR count). The average Bonchev–Trinajstić information content (AvgIpc) is 2.90. The summed E-state index contributed by atoms with van der Waals surface area (Å²) in [4.78, 5) is 39.0. The molecule has 1 saturated heterocycles. The molecular weight excluding hydrogens is 484 g/mol. The number of aromatic nitrogens is 3. The number of amides is 1. The number of rotatable bonds is 5. The largest absolute Gasteiger partial charge is 0.486 e. The van der Waals surface area contributed by atoms with Crippen molar-refractivity contribution in [3.63, 3.8) is 0 Å². The first-order valence-electron chi connectivity index (χ1n) is 12.3. The van der Waals surface area contributed by atoms with Gasteiger partial charge in [-0.2, -0.15) is 4.98 Å². The number of fused-ring (bicyclic) bond motifs is 2. The summed E-state index contributed by atoms with van der Waals surface area (Å²) < 4.78 is 12.6. The van der Waals surface area contributed by atoms with Gasteiger partial charge in [0.15, 0.2) is 5.65 Å². The number of hydrogen-bond acceptors (Lipinski definition) is 8. The van der Waals surface area contributed by atoms with E-state index in [9.17, 15) is 9.59 Å². The molecule has 0 atom stereocenters. The molecule has 0 radical (unpaired) electrons. The molecular formula is C28H26N6O4. The maximum atomic E-state index is 14.2. The van der Waals surface area contributed by atoms with Gasteiger partial charge in [-0.3, -0.25) is 14.2 Å². The number of aryl methyl sites for hydroxylation is 1. The van der Waals surface area contributed by atoms with Crippen LogP contribution in [0, 0.1) is 6.92 Å². The maximum absolute atomic E-state index is 14.2. The van der Waals surface area contributed by atoms with Crippen LogP contribution >= 0.6 is 0 Å². The standard InChI is InChI=1S/C28H26N6O4/c1-3-24(35)33-12-11-32(22-6-4-5-17(2)25(22)33)23-13-18-14-30-28(29)31-26(18)34(27(23)36)19-7-9-20(10-8-19)38-21-15-37-16-21/h3-10,13-14,21H,1,11-12,15-16H2,2H3,(H2,29,30,31). The quantitative estimate of drug-likeness (QED) is 0.407. The van der Waals surface area contributed by atoms with Gasteiger partial charge in [0, 0.05) is 24.7 Å². The molecule has 4 heterocycles. The molecule has 2 aromatic heterocycles. The first-order valence-corrected chi connectivity index (χ1v) is 12.3. The Hall–Kier alpha value is -4.70. The number of hydrogen-bond donors (Lipinski definition) is 1. The van der Waals surface area contributed by atoms with Crippen molar-refractivity contribution in [1.29, 1.82) is 0 Å². The van der Waals surface area contributed by atoms with Gasteiger partial charge in [0.05, 0.1) is 30.3 Å². The lowest BCUT2D eigenvalue weighted by atomic mass is 10.1. The van der Waals surface area contributed by atoms with Gasteiger partial charge in [0.25, 0.3) is 11.5 Å². The van der Waals surface area contributed by atoms with E-state index in [2.05, 4.69) is 16.5 Å². The number of anilines is 4. The topological polar surface area (TPSA) is 116 Å². The van der Waals surface area contributed by atoms with Crippen molar-refractivity contribution in [3.8, 4) is 11.4 Å². The van der Waals surface area contributed by atoms with Crippen molar-refractivity contribution in [1.82, 2.24) is 14.5 Å². The lowest BCUT2D eigenvalue weighted by molar-refractivity contribution is -0.114. The fourth-order valence-electron chi connectivity index (χ4n) is 4.90. The molecule has 0 aliphatic carbocycles. The van der Waals surface area contributed by atoms with E-state index in [1.54, 1.807) is 17.2 Å². The van der Waals surface area contributed by atoms with Gasteiger partial charge in [0.1, 0.15) is 17.5 Å². The number of pyridine rings is 1. The first-order chi connectivity index (χ1) is 18.4. The van der Waals surface area contributed by atoms with Crippen LogP contribution in [-0.4, -0.2) is 52.8 Å². The molecule has 0 unspecified atom stereocenters. The summed E-state index contributed by atoms with van der Waals surface area (Å²) >= 11 is 0. The molecule has 10 nitrogen and oxygen atoms in total. The van der Waals surface area contributed by atoms with E-state index in [-0.39, 0.29) is 23.5 Å². The Bertz CT molecular complexity index is 1630. The minimum absolute atomic E-state index is 0.0374. The Morgan fingerprint density at radius 3 is 2.66 bits per heavy atom. The highest BCUT2D eigenvalue weighted by molar-refractivity contribution is 6.05. The highest BCUT2D eigenvalue weighted by Crippen LogP contribution is 2.39. The highest BCUT2D eigenvalue weighted by atomic mass is 16.6. The van der Waals surface area contributed by atoms with Crippen molar-refractivity contribution in [2.45, 2.75) is 13.0 Å². The molecule has 2 N–H and O–H groups in total. The van der Waals surface area contributed by atoms with Crippen molar-refractivity contribution in [2.75, 3.05) is 41.8 Å². The van der Waals surface area contributed by atoms with E-state index < -0.39 is 0 Å². The van der Waals surface area contributed by atoms with Crippen molar-refractivity contribution in [2.24, 2.45) is 0 Å². The lowest BCUT2D eigenvalue weighted by Crippen LogP contribution is -2.43. The number of nitrogens with two attached hydrogens (primary N) is 1. The fourth-order valence-corrected chi connectivity index (χ4v) is 4.90. The third kappa shape index (κ3) is 3.95. The van der Waals surface area contributed by atoms with Gasteiger partial charge < -0.3 is 25.0 Å². The SMILES string of the molecule is C=CC(=O)N1CCN(c2cc3cnc(N)nc3n(-c3ccc(OC4COC4)cc3)c2=O)c2cccc(C)c21. The molecule has 2 aliphatic heterocycles. The van der Waals surface area contributed by atoms with Gasteiger partial charge in [-0.1, -0.05) is 18.7 Å². The third-order valence-electron chi connectivity index (χ3n) is 6.80. The van der Waals surface area contributed by atoms with E-state index in [1.807, 2.05) is 54.3 Å². The second-order valence-corrected chi connectivity index (χ2v) is 9.24. The summed E-state index contributed by atoms with van der Waals surface area (Å²) in [6.07, 6.45) is 2.96. The van der Waals surface area contributed by atoms with E-state index in [4.69, 9.17) is 15.2 Å². The van der Waals surface area contributed by atoms with Crippen molar-refractivity contribution >= 4 is 40.0 Å². The van der Waals surface area contributed by atoms with Gasteiger partial charge in [0.2, 0.25) is 5.95 Å². The summed E-state index contributed by atoms with van der Waals surface area (Å²) in [5.41, 5.74) is 9.54. The third-order valence-corrected chi connectivity index (χ3v) is 6.80. The van der Waals surface area contributed by atoms with E-state index >= 15 is 0 Å². The van der Waals surface area contributed by atoms with Crippen LogP contribution in [-0.2, 0) is 9.53 Å². The second-order valence-electron chi connectivity index (χ2n) is 9.24. The molecule has 4 aromatic rings. The van der Waals surface area contributed by atoms with E-state index in [0.717, 1.165) is 16.9 Å². The zero-order valence-corrected chi connectivity index (χ0v) is 20.8. The smallest absolute Gasteiger partial charge is 0.280 e. The molecule has 1 amide bonds. The Kier molecular flexibility index (Phi) is 5.80. The minimum atomic E-state index is -0.271. The summed E-state index contributed by atoms with van der Waals surface area (Å²) in [7, 11) is 0. The predicted octanol–water partition coefficient (Wildman–Crippen LogP) is 3.12. The van der Waals surface area contributed by atoms with Gasteiger partial charge in [-0.05, 0) is 55.0 Å². The maximum Gasteiger partial charge on any atom is 0.280 e. The summed E-state index contributed by atoms with van der Waals surface area (Å²) in [6.45, 7) is 7.54. The number of ether oxygens (including phenoxy) is 2. The Labute approximate surface area is 218 Å². The molecule has 0 bridgehead atoms. The van der Waals surface area contributed by atoms with Crippen molar-refractivity contribution in [3.05, 3.63) is 83.3 Å². The predicted molar refractivity (Wildman–Crippen MR) is 146 cm³/mol. The molecule has 192 valence electrons. The monoisotopic (exact) mass is 510 g/mol. The molecule has 1 fully saturated rings. The molecule has 0 spiro atoms. The van der Waals surface area contributed by atoms with Crippen LogP contribution in [0.3, 0.4) is 0 Å². The average molecular weight is 511 g/mol. The van der Waals surface area contributed by atoms with Crippen LogP contribution in [0.1, 0.15) is 5.56 Å². The second kappa shape index (κ2) is 9.31. The number of nitrogen functional groups attached to an aromatic ring is 1. The summed E-state index contributed by atoms with van der Waals surface area (Å²) in [6, 6.07) is 14.8. The van der Waals surface area contributed by atoms with Crippen LogP contribution in [0.15, 0.2) is 72.2 Å². The van der Waals surface area contributed by atoms with Gasteiger partial charge >= 0.3 is 0 Å². The van der Waals surface area contributed by atoms with Crippen LogP contribution in [0.5, 0.6) is 5.75 Å². The van der Waals surface area contributed by atoms with Gasteiger partial charge in [-0.15, -0.1) is 0 Å². The molecule has 10 heteroatoms. The molecule has 2 aliphatic rings. The molecule has 2 aromatic carbocycles. The fraction of sp³-hybridized carbons (Fsp3) is 0.214. The van der Waals surface area contributed by atoms with Crippen LogP contribution < -0.4 is 25.8 Å². The van der Waals surface area contributed by atoms with Crippen LogP contribution in [0.25, 0.3) is 16.7 Å². The number of nitrogens with zero attached hydrogens (tertiary/aromatic N) is 5. The zero-order chi connectivity index (χ0) is 26.4. The number of benzene rings is 2. The van der Waals surface area contributed by atoms with E-state index in [0.29, 0.717) is 54.5 Å². The number of para-hydroxylation sites is 1. The minimum Gasteiger partial charge on any atom is -0.486 e. The first kappa shape index (κ1) is 23.7. The molecule has 38 heavy (non-hydrogen) atoms. The zero-order valence-electron chi connectivity index (χ0n) is 20.8. The summed E-state index contributed by atoms with van der Waals surface area (Å²) in [5.74, 6) is 0.578. The molecule has 0 saturated carbocycles. The van der Waals surface area contributed by atoms with Crippen LogP contribution in [0.4, 0.5) is 23.0 Å². The summed E-state index contributed by atoms with van der Waals surface area (Å²) in [5, 5.41) is 0.652. The lowest BCUT2D eigenvalue weighted by Gasteiger charge is -2.38. The Morgan fingerprint density at radius 1 is 1.16 bits per heavy atom. The van der Waals surface area contributed by atoms with Crippen LogP contribution in [0.2, 0.25) is 0 Å². The van der Waals surface area contributed by atoms with Gasteiger partial charge in [-0.25, -0.2) is 4.98 Å².